The monoisotopic (exact) mass is 266 g/mol. The van der Waals surface area contributed by atoms with E-state index in [0.717, 1.165) is 4.90 Å². The molecule has 0 unspecified atom stereocenters. The number of nitrogen functional groups attached to an aromatic ring is 1. The zero-order valence-electron chi connectivity index (χ0n) is 10.1. The molecule has 18 heavy (non-hydrogen) atoms. The third-order valence-electron chi connectivity index (χ3n) is 2.37. The molecular weight excluding hydrogens is 252 g/mol. The first-order valence-corrected chi connectivity index (χ1v) is 6.25. The van der Waals surface area contributed by atoms with E-state index < -0.39 is 0 Å². The molecule has 6 nitrogen and oxygen atoms in total. The lowest BCUT2D eigenvalue weighted by atomic mass is 10.3. The van der Waals surface area contributed by atoms with Crippen molar-refractivity contribution in [2.24, 2.45) is 7.05 Å². The van der Waals surface area contributed by atoms with Gasteiger partial charge < -0.3 is 10.5 Å². The largest absolute Gasteiger partial charge is 0.492 e. The predicted octanol–water partition coefficient (Wildman–Crippen LogP) is 1.24. The molecule has 0 spiro atoms. The summed E-state index contributed by atoms with van der Waals surface area (Å²) in [4.78, 5) is 12.1. The van der Waals surface area contributed by atoms with E-state index >= 15 is 0 Å². The second kappa shape index (κ2) is 5.18. The third-order valence-corrected chi connectivity index (χ3v) is 3.49. The van der Waals surface area contributed by atoms with E-state index in [0.29, 0.717) is 23.2 Å². The van der Waals surface area contributed by atoms with Gasteiger partial charge in [-0.2, -0.15) is 0 Å². The number of nitrogens with one attached hydrogen (secondary N) is 1. The van der Waals surface area contributed by atoms with E-state index in [-0.39, 0.29) is 5.69 Å². The van der Waals surface area contributed by atoms with Crippen LogP contribution in [0.3, 0.4) is 0 Å². The van der Waals surface area contributed by atoms with E-state index in [9.17, 15) is 4.79 Å². The number of hydrogen-bond donors (Lipinski definition) is 2. The van der Waals surface area contributed by atoms with Crippen molar-refractivity contribution in [2.75, 3.05) is 12.3 Å². The molecular formula is C11H14N4O2S. The van der Waals surface area contributed by atoms with Crippen LogP contribution in [-0.2, 0) is 7.05 Å². The number of ether oxygens (including phenoxy) is 1. The van der Waals surface area contributed by atoms with Gasteiger partial charge in [-0.25, -0.2) is 9.89 Å². The Balaban J connectivity index is 2.32. The van der Waals surface area contributed by atoms with Crippen molar-refractivity contribution in [1.82, 2.24) is 14.8 Å². The van der Waals surface area contributed by atoms with Crippen molar-refractivity contribution >= 4 is 17.4 Å². The molecule has 1 heterocycles. The summed E-state index contributed by atoms with van der Waals surface area (Å²) in [7, 11) is 1.65. The summed E-state index contributed by atoms with van der Waals surface area (Å²) in [5.41, 5.74) is 6.31. The van der Waals surface area contributed by atoms with Crippen molar-refractivity contribution in [2.45, 2.75) is 17.0 Å². The summed E-state index contributed by atoms with van der Waals surface area (Å²) >= 11 is 1.32. The number of anilines is 1. The van der Waals surface area contributed by atoms with Gasteiger partial charge in [-0.15, -0.1) is 5.10 Å². The molecule has 0 aliphatic rings. The SMILES string of the molecule is CCOc1cccc(Sc2n[nH]c(=O)n2C)c1N. The Kier molecular flexibility index (Phi) is 3.61. The minimum Gasteiger partial charge on any atom is -0.492 e. The van der Waals surface area contributed by atoms with Gasteiger partial charge in [0.05, 0.1) is 12.3 Å². The molecule has 3 N–H and O–H groups in total. The molecule has 0 saturated carbocycles. The zero-order chi connectivity index (χ0) is 13.1. The molecule has 0 radical (unpaired) electrons. The Morgan fingerprint density at radius 1 is 1.56 bits per heavy atom. The average Bonchev–Trinajstić information content (AvgIpc) is 2.66. The maximum absolute atomic E-state index is 11.3. The quantitative estimate of drug-likeness (QED) is 0.813. The van der Waals surface area contributed by atoms with Crippen molar-refractivity contribution in [1.29, 1.82) is 0 Å². The average molecular weight is 266 g/mol. The van der Waals surface area contributed by atoms with Crippen LogP contribution in [-0.4, -0.2) is 21.4 Å². The first-order chi connectivity index (χ1) is 8.63. The van der Waals surface area contributed by atoms with Gasteiger partial charge >= 0.3 is 5.69 Å². The summed E-state index contributed by atoms with van der Waals surface area (Å²) in [6.45, 7) is 2.45. The predicted molar refractivity (Wildman–Crippen MR) is 70.0 cm³/mol. The smallest absolute Gasteiger partial charge is 0.343 e. The molecule has 0 saturated heterocycles. The van der Waals surface area contributed by atoms with Gasteiger partial charge in [-0.1, -0.05) is 6.07 Å². The molecule has 96 valence electrons. The topological polar surface area (TPSA) is 85.9 Å². The number of nitrogens with zero attached hydrogens (tertiary/aromatic N) is 2. The molecule has 1 aromatic heterocycles. The fourth-order valence-electron chi connectivity index (χ4n) is 1.42. The molecule has 0 fully saturated rings. The normalized spacial score (nSPS) is 10.6. The van der Waals surface area contributed by atoms with Gasteiger partial charge in [0.1, 0.15) is 5.75 Å². The van der Waals surface area contributed by atoms with E-state index in [1.54, 1.807) is 7.05 Å². The van der Waals surface area contributed by atoms with Crippen LogP contribution in [0.2, 0.25) is 0 Å². The van der Waals surface area contributed by atoms with Gasteiger partial charge in [0, 0.05) is 11.9 Å². The summed E-state index contributed by atoms with van der Waals surface area (Å²) in [5, 5.41) is 6.86. The molecule has 0 atom stereocenters. The molecule has 7 heteroatoms. The van der Waals surface area contributed by atoms with Gasteiger partial charge in [-0.05, 0) is 30.8 Å². The highest BCUT2D eigenvalue weighted by molar-refractivity contribution is 7.99. The highest BCUT2D eigenvalue weighted by atomic mass is 32.2. The van der Waals surface area contributed by atoms with E-state index in [4.69, 9.17) is 10.5 Å². The van der Waals surface area contributed by atoms with Crippen LogP contribution in [0.15, 0.2) is 33.0 Å². The van der Waals surface area contributed by atoms with E-state index in [2.05, 4.69) is 10.2 Å². The van der Waals surface area contributed by atoms with Gasteiger partial charge in [0.25, 0.3) is 0 Å². The van der Waals surface area contributed by atoms with Crippen LogP contribution in [0.5, 0.6) is 5.75 Å². The minimum absolute atomic E-state index is 0.253. The lowest BCUT2D eigenvalue weighted by Crippen LogP contribution is -2.12. The Morgan fingerprint density at radius 3 is 2.94 bits per heavy atom. The summed E-state index contributed by atoms with van der Waals surface area (Å²) in [6, 6.07) is 5.53. The van der Waals surface area contributed by atoms with Crippen LogP contribution in [0, 0.1) is 0 Å². The van der Waals surface area contributed by atoms with Crippen LogP contribution in [0.1, 0.15) is 6.92 Å². The van der Waals surface area contributed by atoms with Crippen LogP contribution in [0.4, 0.5) is 5.69 Å². The molecule has 2 aromatic rings. The second-order valence-electron chi connectivity index (χ2n) is 3.57. The Labute approximate surface area is 108 Å². The number of H-pyrrole nitrogens is 1. The van der Waals surface area contributed by atoms with Gasteiger partial charge in [0.15, 0.2) is 5.16 Å². The molecule has 0 amide bonds. The van der Waals surface area contributed by atoms with Gasteiger partial charge in [0.2, 0.25) is 0 Å². The molecule has 1 aromatic carbocycles. The highest BCUT2D eigenvalue weighted by Gasteiger charge is 2.11. The number of nitrogens with two attached hydrogens (primary N) is 1. The first-order valence-electron chi connectivity index (χ1n) is 5.44. The number of hydrogen-bond acceptors (Lipinski definition) is 5. The van der Waals surface area contributed by atoms with E-state index in [1.807, 2.05) is 25.1 Å². The van der Waals surface area contributed by atoms with Gasteiger partial charge in [-0.3, -0.25) is 4.57 Å². The van der Waals surface area contributed by atoms with Crippen LogP contribution < -0.4 is 16.2 Å². The zero-order valence-corrected chi connectivity index (χ0v) is 11.0. The summed E-state index contributed by atoms with van der Waals surface area (Å²) in [5.74, 6) is 0.642. The first kappa shape index (κ1) is 12.6. The number of benzene rings is 1. The van der Waals surface area contributed by atoms with E-state index in [1.165, 1.54) is 16.3 Å². The third kappa shape index (κ3) is 2.35. The fraction of sp³-hybridized carbons (Fsp3) is 0.273. The Morgan fingerprint density at radius 2 is 2.33 bits per heavy atom. The standard InChI is InChI=1S/C11H14N4O2S/c1-3-17-7-5-4-6-8(9(7)12)18-11-14-13-10(16)15(11)2/h4-6H,3,12H2,1-2H3,(H,13,16). The Bertz CT molecular complexity index is 605. The molecule has 0 aliphatic carbocycles. The van der Waals surface area contributed by atoms with Crippen molar-refractivity contribution < 1.29 is 4.74 Å². The minimum atomic E-state index is -0.253. The number of aromatic nitrogens is 3. The fourth-order valence-corrected chi connectivity index (χ4v) is 2.28. The summed E-state index contributed by atoms with van der Waals surface area (Å²) in [6.07, 6.45) is 0. The molecule has 0 aliphatic heterocycles. The number of rotatable bonds is 4. The maximum Gasteiger partial charge on any atom is 0.343 e. The second-order valence-corrected chi connectivity index (χ2v) is 4.58. The highest BCUT2D eigenvalue weighted by Crippen LogP contribution is 2.35. The number of aromatic amines is 1. The Hall–Kier alpha value is -1.89. The van der Waals surface area contributed by atoms with Crippen molar-refractivity contribution in [3.8, 4) is 5.75 Å². The van der Waals surface area contributed by atoms with Crippen LogP contribution in [0.25, 0.3) is 0 Å². The number of para-hydroxylation sites is 1. The lowest BCUT2D eigenvalue weighted by Gasteiger charge is -2.10. The molecule has 0 bridgehead atoms. The van der Waals surface area contributed by atoms with Crippen molar-refractivity contribution in [3.05, 3.63) is 28.7 Å². The van der Waals surface area contributed by atoms with Crippen molar-refractivity contribution in [3.63, 3.8) is 0 Å². The molecule has 2 rings (SSSR count). The lowest BCUT2D eigenvalue weighted by molar-refractivity contribution is 0.341. The summed E-state index contributed by atoms with van der Waals surface area (Å²) < 4.78 is 6.84. The maximum atomic E-state index is 11.3. The van der Waals surface area contributed by atoms with Crippen LogP contribution >= 0.6 is 11.8 Å².